The fourth-order valence-electron chi connectivity index (χ4n) is 1.96. The third kappa shape index (κ3) is 4.41. The molecule has 0 radical (unpaired) electrons. The van der Waals surface area contributed by atoms with Gasteiger partial charge in [0.2, 0.25) is 0 Å². The van der Waals surface area contributed by atoms with Crippen molar-refractivity contribution in [2.24, 2.45) is 0 Å². The van der Waals surface area contributed by atoms with E-state index in [2.05, 4.69) is 10.1 Å². The van der Waals surface area contributed by atoms with Gasteiger partial charge in [0, 0.05) is 0 Å². The molecule has 1 unspecified atom stereocenters. The zero-order valence-corrected chi connectivity index (χ0v) is 11.8. The van der Waals surface area contributed by atoms with Gasteiger partial charge in [-0.05, 0) is 48.0 Å². The van der Waals surface area contributed by atoms with E-state index in [-0.39, 0.29) is 11.0 Å². The molecule has 0 saturated heterocycles. The van der Waals surface area contributed by atoms with E-state index in [1.54, 1.807) is 18.2 Å². The van der Waals surface area contributed by atoms with Crippen LogP contribution < -0.4 is 10.1 Å². The van der Waals surface area contributed by atoms with Crippen molar-refractivity contribution in [1.82, 2.24) is 5.32 Å². The standard InChI is InChI=1S/C14H13ClF3NO2/c1-2-19-13(11-6-7-12(15)20-11)9-4-3-5-10(8-9)21-14(16,17)18/h3-8,13,19H,2H2,1H3. The summed E-state index contributed by atoms with van der Waals surface area (Å²) in [6.07, 6.45) is -4.72. The molecule has 1 N–H and O–H groups in total. The van der Waals surface area contributed by atoms with E-state index in [1.165, 1.54) is 18.2 Å². The van der Waals surface area contributed by atoms with Gasteiger partial charge in [0.25, 0.3) is 0 Å². The second kappa shape index (κ2) is 6.41. The Hall–Kier alpha value is -1.66. The highest BCUT2D eigenvalue weighted by atomic mass is 35.5. The third-order valence-corrected chi connectivity index (χ3v) is 2.91. The quantitative estimate of drug-likeness (QED) is 0.879. The number of furan rings is 1. The molecule has 1 aromatic carbocycles. The summed E-state index contributed by atoms with van der Waals surface area (Å²) in [5, 5.41) is 3.35. The highest BCUT2D eigenvalue weighted by molar-refractivity contribution is 6.28. The summed E-state index contributed by atoms with van der Waals surface area (Å²) < 4.78 is 46.1. The molecule has 0 spiro atoms. The summed E-state index contributed by atoms with van der Waals surface area (Å²) in [5.74, 6) is 0.242. The number of alkyl halides is 3. The minimum atomic E-state index is -4.72. The second-order valence-electron chi connectivity index (χ2n) is 4.25. The van der Waals surface area contributed by atoms with E-state index in [9.17, 15) is 13.2 Å². The Bertz CT molecular complexity index is 598. The summed E-state index contributed by atoms with van der Waals surface area (Å²) in [5.41, 5.74) is 0.588. The molecule has 0 aliphatic rings. The van der Waals surface area contributed by atoms with Crippen LogP contribution in [0.25, 0.3) is 0 Å². The highest BCUT2D eigenvalue weighted by Gasteiger charge is 2.31. The molecule has 2 aromatic rings. The first-order chi connectivity index (χ1) is 9.89. The Morgan fingerprint density at radius 2 is 2.05 bits per heavy atom. The molecule has 0 fully saturated rings. The lowest BCUT2D eigenvalue weighted by Gasteiger charge is -2.17. The number of halogens is 4. The topological polar surface area (TPSA) is 34.4 Å². The van der Waals surface area contributed by atoms with Gasteiger partial charge in [0.1, 0.15) is 11.5 Å². The Morgan fingerprint density at radius 1 is 1.29 bits per heavy atom. The van der Waals surface area contributed by atoms with Crippen LogP contribution >= 0.6 is 11.6 Å². The molecule has 0 saturated carbocycles. The molecule has 0 aliphatic carbocycles. The lowest BCUT2D eigenvalue weighted by molar-refractivity contribution is -0.274. The number of nitrogens with one attached hydrogen (secondary N) is 1. The summed E-state index contributed by atoms with van der Waals surface area (Å²) in [7, 11) is 0. The molecule has 1 atom stereocenters. The maximum atomic E-state index is 12.3. The molecule has 114 valence electrons. The Morgan fingerprint density at radius 3 is 2.62 bits per heavy atom. The summed E-state index contributed by atoms with van der Waals surface area (Å²) in [6, 6.07) is 8.59. The van der Waals surface area contributed by atoms with Gasteiger partial charge < -0.3 is 14.5 Å². The van der Waals surface area contributed by atoms with E-state index >= 15 is 0 Å². The van der Waals surface area contributed by atoms with Crippen LogP contribution in [0.2, 0.25) is 5.22 Å². The van der Waals surface area contributed by atoms with Crippen molar-refractivity contribution in [3.05, 3.63) is 52.9 Å². The van der Waals surface area contributed by atoms with Crippen LogP contribution in [0.3, 0.4) is 0 Å². The highest BCUT2D eigenvalue weighted by Crippen LogP contribution is 2.30. The van der Waals surface area contributed by atoms with E-state index < -0.39 is 12.4 Å². The fraction of sp³-hybridized carbons (Fsp3) is 0.286. The van der Waals surface area contributed by atoms with Gasteiger partial charge in [-0.25, -0.2) is 0 Å². The molecule has 21 heavy (non-hydrogen) atoms. The molecule has 3 nitrogen and oxygen atoms in total. The molecule has 0 aliphatic heterocycles. The molecule has 0 amide bonds. The number of rotatable bonds is 5. The normalized spacial score (nSPS) is 13.2. The lowest BCUT2D eigenvalue weighted by atomic mass is 10.0. The van der Waals surface area contributed by atoms with Gasteiger partial charge in [-0.2, -0.15) is 0 Å². The van der Waals surface area contributed by atoms with Gasteiger partial charge in [0.15, 0.2) is 5.22 Å². The molecule has 0 bridgehead atoms. The lowest BCUT2D eigenvalue weighted by Crippen LogP contribution is -2.22. The Kier molecular flexibility index (Phi) is 4.80. The van der Waals surface area contributed by atoms with Gasteiger partial charge in [0.05, 0.1) is 6.04 Å². The SMILES string of the molecule is CCNC(c1cccc(OC(F)(F)F)c1)c1ccc(Cl)o1. The van der Waals surface area contributed by atoms with Crippen LogP contribution in [0.1, 0.15) is 24.3 Å². The van der Waals surface area contributed by atoms with Crippen molar-refractivity contribution in [2.75, 3.05) is 6.54 Å². The summed E-state index contributed by atoms with van der Waals surface area (Å²) >= 11 is 5.74. The first-order valence-electron chi connectivity index (χ1n) is 6.23. The van der Waals surface area contributed by atoms with E-state index in [1.807, 2.05) is 6.92 Å². The fourth-order valence-corrected chi connectivity index (χ4v) is 2.11. The number of hydrogen-bond acceptors (Lipinski definition) is 3. The summed E-state index contributed by atoms with van der Waals surface area (Å²) in [4.78, 5) is 0. The zero-order chi connectivity index (χ0) is 15.5. The maximum absolute atomic E-state index is 12.3. The van der Waals surface area contributed by atoms with Crippen molar-refractivity contribution in [1.29, 1.82) is 0 Å². The average molecular weight is 320 g/mol. The van der Waals surface area contributed by atoms with Crippen LogP contribution in [0.4, 0.5) is 13.2 Å². The van der Waals surface area contributed by atoms with Crippen LogP contribution in [-0.2, 0) is 0 Å². The summed E-state index contributed by atoms with van der Waals surface area (Å²) in [6.45, 7) is 2.49. The van der Waals surface area contributed by atoms with Crippen LogP contribution in [-0.4, -0.2) is 12.9 Å². The molecule has 1 aromatic heterocycles. The van der Waals surface area contributed by atoms with Crippen molar-refractivity contribution in [3.8, 4) is 5.75 Å². The number of hydrogen-bond donors (Lipinski definition) is 1. The third-order valence-electron chi connectivity index (χ3n) is 2.71. The van der Waals surface area contributed by atoms with Crippen LogP contribution in [0.15, 0.2) is 40.8 Å². The molecule has 1 heterocycles. The molecular formula is C14H13ClF3NO2. The van der Waals surface area contributed by atoms with Gasteiger partial charge >= 0.3 is 6.36 Å². The predicted molar refractivity (Wildman–Crippen MR) is 72.4 cm³/mol. The predicted octanol–water partition coefficient (Wildman–Crippen LogP) is 4.53. The monoisotopic (exact) mass is 319 g/mol. The van der Waals surface area contributed by atoms with E-state index in [0.717, 1.165) is 0 Å². The van der Waals surface area contributed by atoms with Gasteiger partial charge in [-0.15, -0.1) is 13.2 Å². The van der Waals surface area contributed by atoms with Gasteiger partial charge in [-0.1, -0.05) is 19.1 Å². The molecule has 2 rings (SSSR count). The smallest absolute Gasteiger partial charge is 0.448 e. The average Bonchev–Trinajstić information content (AvgIpc) is 2.80. The Balaban J connectivity index is 2.30. The number of ether oxygens (including phenoxy) is 1. The molecule has 7 heteroatoms. The van der Waals surface area contributed by atoms with Crippen LogP contribution in [0.5, 0.6) is 5.75 Å². The number of benzene rings is 1. The molecular weight excluding hydrogens is 307 g/mol. The maximum Gasteiger partial charge on any atom is 0.573 e. The van der Waals surface area contributed by atoms with Crippen LogP contribution in [0, 0.1) is 0 Å². The van der Waals surface area contributed by atoms with E-state index in [4.69, 9.17) is 16.0 Å². The van der Waals surface area contributed by atoms with Crippen molar-refractivity contribution < 1.29 is 22.3 Å². The van der Waals surface area contributed by atoms with Crippen molar-refractivity contribution in [3.63, 3.8) is 0 Å². The largest absolute Gasteiger partial charge is 0.573 e. The second-order valence-corrected chi connectivity index (χ2v) is 4.63. The van der Waals surface area contributed by atoms with E-state index in [0.29, 0.717) is 17.9 Å². The van der Waals surface area contributed by atoms with Crippen molar-refractivity contribution >= 4 is 11.6 Å². The zero-order valence-electron chi connectivity index (χ0n) is 11.1. The minimum Gasteiger partial charge on any atom is -0.448 e. The van der Waals surface area contributed by atoms with Gasteiger partial charge in [-0.3, -0.25) is 0 Å². The minimum absolute atomic E-state index is 0.218. The first kappa shape index (κ1) is 15.7. The van der Waals surface area contributed by atoms with Crippen molar-refractivity contribution in [2.45, 2.75) is 19.3 Å². The Labute approximate surface area is 124 Å². The first-order valence-corrected chi connectivity index (χ1v) is 6.61.